The van der Waals surface area contributed by atoms with Crippen LogP contribution in [0.1, 0.15) is 71.3 Å². The van der Waals surface area contributed by atoms with Crippen molar-refractivity contribution in [3.8, 4) is 0 Å². The van der Waals surface area contributed by atoms with Gasteiger partial charge in [-0.3, -0.25) is 34.2 Å². The van der Waals surface area contributed by atoms with Gasteiger partial charge in [-0.05, 0) is 63.4 Å². The van der Waals surface area contributed by atoms with Crippen LogP contribution in [0, 0.1) is 11.3 Å². The molecule has 280 valence electrons. The molecule has 0 bridgehead atoms. The van der Waals surface area contributed by atoms with Gasteiger partial charge in [0.2, 0.25) is 35.4 Å². The zero-order valence-electron chi connectivity index (χ0n) is 29.7. The van der Waals surface area contributed by atoms with Crippen molar-refractivity contribution in [1.29, 1.82) is 5.41 Å². The van der Waals surface area contributed by atoms with Crippen LogP contribution in [0.2, 0.25) is 0 Å². The molecule has 3 saturated heterocycles. The van der Waals surface area contributed by atoms with E-state index in [2.05, 4.69) is 26.6 Å². The third-order valence-corrected chi connectivity index (χ3v) is 9.58. The van der Waals surface area contributed by atoms with Crippen molar-refractivity contribution >= 4 is 41.4 Å². The largest absolute Gasteiger partial charge is 0.391 e. The maximum absolute atomic E-state index is 14.3. The predicted molar refractivity (Wildman–Crippen MR) is 188 cm³/mol. The van der Waals surface area contributed by atoms with Gasteiger partial charge in [0.25, 0.3) is 0 Å². The van der Waals surface area contributed by atoms with E-state index in [0.29, 0.717) is 32.1 Å². The van der Waals surface area contributed by atoms with Gasteiger partial charge < -0.3 is 47.2 Å². The molecule has 51 heavy (non-hydrogen) atoms. The van der Waals surface area contributed by atoms with Gasteiger partial charge in [0, 0.05) is 26.1 Å². The van der Waals surface area contributed by atoms with Crippen LogP contribution in [0.5, 0.6) is 0 Å². The summed E-state index contributed by atoms with van der Waals surface area (Å²) < 4.78 is 0. The number of nitrogens with two attached hydrogens (primary N) is 1. The molecule has 0 spiro atoms. The number of hydrogen-bond acceptors (Lipinski definition) is 8. The second kappa shape index (κ2) is 18.0. The summed E-state index contributed by atoms with van der Waals surface area (Å²) in [6.45, 7) is 5.91. The molecule has 7 unspecified atom stereocenters. The fourth-order valence-electron chi connectivity index (χ4n) is 7.00. The molecule has 6 amide bonds. The van der Waals surface area contributed by atoms with Crippen LogP contribution in [-0.2, 0) is 35.2 Å². The summed E-state index contributed by atoms with van der Waals surface area (Å²) in [4.78, 5) is 86.5. The lowest BCUT2D eigenvalue weighted by molar-refractivity contribution is -0.145. The van der Waals surface area contributed by atoms with Gasteiger partial charge in [0.05, 0.1) is 6.10 Å². The van der Waals surface area contributed by atoms with Gasteiger partial charge >= 0.3 is 0 Å². The Labute approximate surface area is 298 Å². The SMILES string of the molecule is CC(C)CC1NC(=O)C2CCCN2C(=O)C(Cc2ccccc2)NC(=O)C(CCCNC(=N)N)NC(=O)C(C(C)O)NC(=O)C2CCCN2C1=O. The molecule has 1 aromatic rings. The molecular weight excluding hydrogens is 658 g/mol. The summed E-state index contributed by atoms with van der Waals surface area (Å²) in [5, 5.41) is 31.7. The van der Waals surface area contributed by atoms with Crippen molar-refractivity contribution in [2.45, 2.75) is 114 Å². The molecule has 0 aromatic heterocycles. The van der Waals surface area contributed by atoms with E-state index in [1.807, 2.05) is 32.0 Å². The van der Waals surface area contributed by atoms with Crippen LogP contribution < -0.4 is 32.3 Å². The monoisotopic (exact) mass is 711 g/mol. The third kappa shape index (κ3) is 10.4. The van der Waals surface area contributed by atoms with Crippen molar-refractivity contribution in [2.75, 3.05) is 19.6 Å². The molecule has 3 aliphatic rings. The van der Waals surface area contributed by atoms with Crippen molar-refractivity contribution in [3.05, 3.63) is 35.9 Å². The Hall–Kier alpha value is -4.73. The first kappa shape index (κ1) is 39.1. The first-order valence-corrected chi connectivity index (χ1v) is 17.9. The lowest BCUT2D eigenvalue weighted by Crippen LogP contribution is -2.62. The van der Waals surface area contributed by atoms with Gasteiger partial charge in [-0.2, -0.15) is 0 Å². The Morgan fingerprint density at radius 3 is 1.94 bits per heavy atom. The Bertz CT molecular complexity index is 1440. The first-order valence-electron chi connectivity index (χ1n) is 17.9. The van der Waals surface area contributed by atoms with E-state index in [0.717, 1.165) is 5.56 Å². The average molecular weight is 712 g/mol. The Morgan fingerprint density at radius 1 is 0.824 bits per heavy atom. The molecule has 3 heterocycles. The van der Waals surface area contributed by atoms with E-state index in [1.54, 1.807) is 12.1 Å². The normalized spacial score (nSPS) is 27.4. The zero-order valence-corrected chi connectivity index (χ0v) is 29.7. The Morgan fingerprint density at radius 2 is 1.37 bits per heavy atom. The smallest absolute Gasteiger partial charge is 0.246 e. The van der Waals surface area contributed by atoms with Gasteiger partial charge in [0.15, 0.2) is 5.96 Å². The summed E-state index contributed by atoms with van der Waals surface area (Å²) in [5.41, 5.74) is 6.16. The number of rotatable bonds is 9. The van der Waals surface area contributed by atoms with Crippen LogP contribution in [0.4, 0.5) is 0 Å². The van der Waals surface area contributed by atoms with E-state index in [-0.39, 0.29) is 50.8 Å². The van der Waals surface area contributed by atoms with Crippen LogP contribution in [0.3, 0.4) is 0 Å². The van der Waals surface area contributed by atoms with Crippen molar-refractivity contribution in [1.82, 2.24) is 36.4 Å². The lowest BCUT2D eigenvalue weighted by atomic mass is 10.0. The molecule has 4 rings (SSSR count). The standard InChI is InChI=1S/C35H53N9O7/c1-20(2)18-24-33(50)44-17-9-14-27(44)31(48)42-28(21(3)45)32(49)39-23(12-7-15-38-35(36)37)29(46)40-25(19-22-10-5-4-6-11-22)34(51)43-16-8-13-26(43)30(47)41-24/h4-6,10-11,20-21,23-28,45H,7-9,12-19H2,1-3H3,(H,39,49)(H,40,46)(H,41,47)(H,42,48)(H4,36,37,38). The molecule has 3 aliphatic heterocycles. The second-order valence-electron chi connectivity index (χ2n) is 14.1. The van der Waals surface area contributed by atoms with E-state index in [1.165, 1.54) is 16.7 Å². The third-order valence-electron chi connectivity index (χ3n) is 9.58. The van der Waals surface area contributed by atoms with Crippen LogP contribution in [0.15, 0.2) is 30.3 Å². The number of guanidine groups is 1. The summed E-state index contributed by atoms with van der Waals surface area (Å²) in [7, 11) is 0. The molecule has 1 aromatic carbocycles. The van der Waals surface area contributed by atoms with Crippen LogP contribution in [-0.4, -0.2) is 118 Å². The average Bonchev–Trinajstić information content (AvgIpc) is 3.78. The second-order valence-corrected chi connectivity index (χ2v) is 14.1. The zero-order chi connectivity index (χ0) is 37.2. The van der Waals surface area contributed by atoms with E-state index < -0.39 is 77.8 Å². The molecule has 7 atom stereocenters. The highest BCUT2D eigenvalue weighted by molar-refractivity contribution is 5.98. The van der Waals surface area contributed by atoms with E-state index in [4.69, 9.17) is 11.1 Å². The molecule has 0 aliphatic carbocycles. The number of carbonyl (C=O) groups excluding carboxylic acids is 6. The van der Waals surface area contributed by atoms with Crippen LogP contribution >= 0.6 is 0 Å². The van der Waals surface area contributed by atoms with E-state index >= 15 is 0 Å². The Balaban J connectivity index is 1.74. The predicted octanol–water partition coefficient (Wildman–Crippen LogP) is -1.15. The maximum atomic E-state index is 14.3. The number of nitrogens with zero attached hydrogens (tertiary/aromatic N) is 2. The van der Waals surface area contributed by atoms with E-state index in [9.17, 15) is 33.9 Å². The molecule has 16 nitrogen and oxygen atoms in total. The molecular formula is C35H53N9O7. The maximum Gasteiger partial charge on any atom is 0.246 e. The number of amides is 6. The highest BCUT2D eigenvalue weighted by Gasteiger charge is 2.43. The number of hydrogen-bond donors (Lipinski definition) is 8. The number of benzene rings is 1. The molecule has 9 N–H and O–H groups in total. The minimum absolute atomic E-state index is 0.00766. The highest BCUT2D eigenvalue weighted by atomic mass is 16.3. The Kier molecular flexibility index (Phi) is 13.8. The van der Waals surface area contributed by atoms with Gasteiger partial charge in [-0.1, -0.05) is 44.2 Å². The molecule has 0 radical (unpaired) electrons. The summed E-state index contributed by atoms with van der Waals surface area (Å²) >= 11 is 0. The minimum atomic E-state index is -1.47. The van der Waals surface area contributed by atoms with Crippen molar-refractivity contribution in [2.24, 2.45) is 11.7 Å². The number of nitrogens with one attached hydrogen (secondary N) is 6. The summed E-state index contributed by atoms with van der Waals surface area (Å²) in [6.07, 6.45) is 1.09. The fraction of sp³-hybridized carbons (Fsp3) is 0.629. The fourth-order valence-corrected chi connectivity index (χ4v) is 7.00. The minimum Gasteiger partial charge on any atom is -0.391 e. The summed E-state index contributed by atoms with van der Waals surface area (Å²) in [6, 6.07) is 2.47. The lowest BCUT2D eigenvalue weighted by Gasteiger charge is -2.34. The van der Waals surface area contributed by atoms with Gasteiger partial charge in [-0.25, -0.2) is 0 Å². The molecule has 0 saturated carbocycles. The quantitative estimate of drug-likeness (QED) is 0.0876. The number of aliphatic hydroxyl groups excluding tert-OH is 1. The molecule has 3 fully saturated rings. The number of fused-ring (bicyclic) bond motifs is 2. The first-order chi connectivity index (χ1) is 24.3. The number of carbonyl (C=O) groups is 6. The van der Waals surface area contributed by atoms with Crippen molar-refractivity contribution < 1.29 is 33.9 Å². The van der Waals surface area contributed by atoms with Crippen molar-refractivity contribution in [3.63, 3.8) is 0 Å². The topological polar surface area (TPSA) is 239 Å². The number of aliphatic hydroxyl groups is 1. The van der Waals surface area contributed by atoms with Crippen LogP contribution in [0.25, 0.3) is 0 Å². The van der Waals surface area contributed by atoms with Gasteiger partial charge in [0.1, 0.15) is 36.3 Å². The summed E-state index contributed by atoms with van der Waals surface area (Å²) in [5.74, 6) is -3.80. The highest BCUT2D eigenvalue weighted by Crippen LogP contribution is 2.24. The molecule has 16 heteroatoms. The van der Waals surface area contributed by atoms with Gasteiger partial charge in [-0.15, -0.1) is 0 Å².